The fourth-order valence-electron chi connectivity index (χ4n) is 2.04. The van der Waals surface area contributed by atoms with Gasteiger partial charge in [-0.1, -0.05) is 36.3 Å². The lowest BCUT2D eigenvalue weighted by Gasteiger charge is -2.02. The van der Waals surface area contributed by atoms with Crippen molar-refractivity contribution in [2.75, 3.05) is 6.61 Å². The number of amides is 1. The standard InChI is InChI=1S/C19H14N2O2S/c1-2-12-23-16-10-8-14(9-11-16)13-17-18(22)21-19(24-17)20-15-6-4-3-5-7-15/h1,3-11,13H,12H2,(H,20,21,22)/b17-13-. The molecule has 4 nitrogen and oxygen atoms in total. The topological polar surface area (TPSA) is 50.7 Å². The van der Waals surface area contributed by atoms with E-state index in [1.54, 1.807) is 0 Å². The van der Waals surface area contributed by atoms with Crippen LogP contribution >= 0.6 is 11.8 Å². The van der Waals surface area contributed by atoms with Gasteiger partial charge in [-0.25, -0.2) is 4.99 Å². The number of terminal acetylenes is 1. The summed E-state index contributed by atoms with van der Waals surface area (Å²) in [5, 5.41) is 3.35. The molecular formula is C19H14N2O2S. The molecule has 0 saturated carbocycles. The number of rotatable bonds is 4. The Morgan fingerprint density at radius 1 is 1.17 bits per heavy atom. The summed E-state index contributed by atoms with van der Waals surface area (Å²) in [6.45, 7) is 0.234. The van der Waals surface area contributed by atoms with Crippen LogP contribution in [0.5, 0.6) is 5.75 Å². The van der Waals surface area contributed by atoms with Crippen molar-refractivity contribution in [2.24, 2.45) is 4.99 Å². The molecule has 0 radical (unpaired) electrons. The van der Waals surface area contributed by atoms with E-state index in [2.05, 4.69) is 16.2 Å². The summed E-state index contributed by atoms with van der Waals surface area (Å²) in [5.41, 5.74) is 1.71. The molecule has 1 fully saturated rings. The Kier molecular flexibility index (Phi) is 4.99. The zero-order valence-corrected chi connectivity index (χ0v) is 13.5. The van der Waals surface area contributed by atoms with E-state index < -0.39 is 0 Å². The van der Waals surface area contributed by atoms with Gasteiger partial charge in [-0.05, 0) is 47.7 Å². The Morgan fingerprint density at radius 2 is 1.92 bits per heavy atom. The summed E-state index contributed by atoms with van der Waals surface area (Å²) in [7, 11) is 0. The van der Waals surface area contributed by atoms with E-state index in [4.69, 9.17) is 11.2 Å². The number of carbonyl (C=O) groups is 1. The number of hydrogen-bond acceptors (Lipinski definition) is 4. The molecule has 0 unspecified atom stereocenters. The van der Waals surface area contributed by atoms with Gasteiger partial charge in [-0.2, -0.15) is 0 Å². The quantitative estimate of drug-likeness (QED) is 0.687. The van der Waals surface area contributed by atoms with E-state index in [1.165, 1.54) is 11.8 Å². The monoisotopic (exact) mass is 334 g/mol. The largest absolute Gasteiger partial charge is 0.481 e. The van der Waals surface area contributed by atoms with Crippen LogP contribution in [0, 0.1) is 12.3 Å². The van der Waals surface area contributed by atoms with E-state index >= 15 is 0 Å². The van der Waals surface area contributed by atoms with Gasteiger partial charge in [0.05, 0.1) is 10.6 Å². The molecule has 1 N–H and O–H groups in total. The summed E-state index contributed by atoms with van der Waals surface area (Å²) in [5.74, 6) is 2.96. The van der Waals surface area contributed by atoms with Crippen molar-refractivity contribution in [3.8, 4) is 18.1 Å². The van der Waals surface area contributed by atoms with Crippen LogP contribution in [0.4, 0.5) is 5.69 Å². The predicted molar refractivity (Wildman–Crippen MR) is 98.0 cm³/mol. The number of aliphatic imine (C=N–C) groups is 1. The molecule has 1 heterocycles. The third-order valence-corrected chi connectivity index (χ3v) is 4.05. The molecule has 1 aliphatic rings. The summed E-state index contributed by atoms with van der Waals surface area (Å²) >= 11 is 1.32. The highest BCUT2D eigenvalue weighted by Crippen LogP contribution is 2.28. The Bertz CT molecular complexity index is 834. The van der Waals surface area contributed by atoms with Crippen molar-refractivity contribution in [1.82, 2.24) is 5.32 Å². The molecule has 118 valence electrons. The summed E-state index contributed by atoms with van der Waals surface area (Å²) in [4.78, 5) is 17.1. The highest BCUT2D eigenvalue weighted by atomic mass is 32.2. The summed E-state index contributed by atoms with van der Waals surface area (Å²) in [6, 6.07) is 16.9. The minimum Gasteiger partial charge on any atom is -0.481 e. The smallest absolute Gasteiger partial charge is 0.264 e. The number of ether oxygens (including phenoxy) is 1. The maximum atomic E-state index is 12.1. The molecular weight excluding hydrogens is 320 g/mol. The molecule has 0 aromatic heterocycles. The Balaban J connectivity index is 1.73. The van der Waals surface area contributed by atoms with Gasteiger partial charge in [0.15, 0.2) is 5.17 Å². The number of hydrogen-bond donors (Lipinski definition) is 1. The SMILES string of the molecule is C#CCOc1ccc(/C=C2\SC(=Nc3ccccc3)NC2=O)cc1. The average Bonchev–Trinajstić information content (AvgIpc) is 2.94. The third-order valence-electron chi connectivity index (χ3n) is 3.14. The first-order valence-corrected chi connectivity index (χ1v) is 8.07. The normalized spacial score (nSPS) is 16.9. The first kappa shape index (κ1) is 15.9. The van der Waals surface area contributed by atoms with Gasteiger partial charge in [-0.15, -0.1) is 6.42 Å². The van der Waals surface area contributed by atoms with Crippen molar-refractivity contribution in [1.29, 1.82) is 0 Å². The summed E-state index contributed by atoms with van der Waals surface area (Å²) < 4.78 is 5.32. The van der Waals surface area contributed by atoms with Gasteiger partial charge < -0.3 is 10.1 Å². The van der Waals surface area contributed by atoms with Crippen LogP contribution in [0.3, 0.4) is 0 Å². The zero-order chi connectivity index (χ0) is 16.8. The Hall–Kier alpha value is -2.97. The first-order valence-electron chi connectivity index (χ1n) is 7.25. The number of nitrogens with zero attached hydrogens (tertiary/aromatic N) is 1. The van der Waals surface area contributed by atoms with Gasteiger partial charge in [0.25, 0.3) is 5.91 Å². The lowest BCUT2D eigenvalue weighted by atomic mass is 10.2. The molecule has 2 aromatic carbocycles. The molecule has 3 rings (SSSR count). The Labute approximate surface area is 144 Å². The van der Waals surface area contributed by atoms with Crippen molar-refractivity contribution in [3.63, 3.8) is 0 Å². The molecule has 5 heteroatoms. The molecule has 1 aliphatic heterocycles. The molecule has 1 amide bonds. The molecule has 0 bridgehead atoms. The average molecular weight is 334 g/mol. The minimum atomic E-state index is -0.151. The van der Waals surface area contributed by atoms with Gasteiger partial charge in [0.2, 0.25) is 0 Å². The molecule has 2 aromatic rings. The lowest BCUT2D eigenvalue weighted by molar-refractivity contribution is -0.115. The van der Waals surface area contributed by atoms with E-state index in [0.29, 0.717) is 15.8 Å². The number of nitrogens with one attached hydrogen (secondary N) is 1. The fourth-order valence-corrected chi connectivity index (χ4v) is 2.88. The first-order chi connectivity index (χ1) is 11.7. The van der Waals surface area contributed by atoms with Crippen LogP contribution in [-0.4, -0.2) is 17.7 Å². The second kappa shape index (κ2) is 7.53. The Morgan fingerprint density at radius 3 is 2.62 bits per heavy atom. The molecule has 0 aliphatic carbocycles. The van der Waals surface area contributed by atoms with Crippen LogP contribution in [0.2, 0.25) is 0 Å². The zero-order valence-electron chi connectivity index (χ0n) is 12.7. The van der Waals surface area contributed by atoms with E-state index in [1.807, 2.05) is 60.7 Å². The van der Waals surface area contributed by atoms with Gasteiger partial charge >= 0.3 is 0 Å². The van der Waals surface area contributed by atoms with Crippen LogP contribution in [-0.2, 0) is 4.79 Å². The van der Waals surface area contributed by atoms with Crippen molar-refractivity contribution in [3.05, 3.63) is 65.1 Å². The van der Waals surface area contributed by atoms with Crippen LogP contribution < -0.4 is 10.1 Å². The molecule has 1 saturated heterocycles. The molecule has 0 spiro atoms. The minimum absolute atomic E-state index is 0.151. The van der Waals surface area contributed by atoms with Crippen molar-refractivity contribution < 1.29 is 9.53 Å². The molecule has 0 atom stereocenters. The lowest BCUT2D eigenvalue weighted by Crippen LogP contribution is -2.19. The number of benzene rings is 2. The van der Waals surface area contributed by atoms with Gasteiger partial charge in [-0.3, -0.25) is 4.79 Å². The number of amidine groups is 1. The van der Waals surface area contributed by atoms with E-state index in [9.17, 15) is 4.79 Å². The third kappa shape index (κ3) is 4.06. The van der Waals surface area contributed by atoms with Crippen LogP contribution in [0.1, 0.15) is 5.56 Å². The number of para-hydroxylation sites is 1. The van der Waals surface area contributed by atoms with Crippen molar-refractivity contribution in [2.45, 2.75) is 0 Å². The highest BCUT2D eigenvalue weighted by Gasteiger charge is 2.23. The molecule has 24 heavy (non-hydrogen) atoms. The van der Waals surface area contributed by atoms with Gasteiger partial charge in [0, 0.05) is 0 Å². The second-order valence-corrected chi connectivity index (χ2v) is 5.91. The number of thioether (sulfide) groups is 1. The van der Waals surface area contributed by atoms with Crippen LogP contribution in [0.15, 0.2) is 64.5 Å². The van der Waals surface area contributed by atoms with E-state index in [-0.39, 0.29) is 12.5 Å². The maximum absolute atomic E-state index is 12.1. The van der Waals surface area contributed by atoms with Crippen LogP contribution in [0.25, 0.3) is 6.08 Å². The fraction of sp³-hybridized carbons (Fsp3) is 0.0526. The van der Waals surface area contributed by atoms with Gasteiger partial charge in [0.1, 0.15) is 12.4 Å². The number of carbonyl (C=O) groups excluding carboxylic acids is 1. The second-order valence-electron chi connectivity index (χ2n) is 4.88. The summed E-state index contributed by atoms with van der Waals surface area (Å²) in [6.07, 6.45) is 6.97. The maximum Gasteiger partial charge on any atom is 0.264 e. The highest BCUT2D eigenvalue weighted by molar-refractivity contribution is 8.18. The predicted octanol–water partition coefficient (Wildman–Crippen LogP) is 3.59. The van der Waals surface area contributed by atoms with E-state index in [0.717, 1.165) is 11.3 Å². The van der Waals surface area contributed by atoms with Crippen molar-refractivity contribution >= 4 is 34.6 Å².